The SMILES string of the molecule is CCOC(=O)c1cc2c(-c3cc(S(=N)(=O)C4CC4)ccc3N[C@H]3CC[C@H](C)CC3)cn(C)c(=O)c2[nH]1. The van der Waals surface area contributed by atoms with E-state index in [2.05, 4.69) is 17.2 Å². The molecule has 2 saturated carbocycles. The summed E-state index contributed by atoms with van der Waals surface area (Å²) < 4.78 is 28.6. The third-order valence-corrected chi connectivity index (χ3v) is 9.83. The van der Waals surface area contributed by atoms with Crippen LogP contribution in [0.4, 0.5) is 5.69 Å². The van der Waals surface area contributed by atoms with Gasteiger partial charge in [-0.25, -0.2) is 13.8 Å². The van der Waals surface area contributed by atoms with Crippen molar-refractivity contribution >= 4 is 32.3 Å². The Balaban J connectivity index is 1.67. The lowest BCUT2D eigenvalue weighted by atomic mass is 9.87. The minimum atomic E-state index is -2.92. The number of nitrogens with zero attached hydrogens (tertiary/aromatic N) is 1. The Hall–Kier alpha value is -3.07. The van der Waals surface area contributed by atoms with Crippen LogP contribution in [0.3, 0.4) is 0 Å². The number of carbonyl (C=O) groups is 1. The predicted molar refractivity (Wildman–Crippen MR) is 142 cm³/mol. The Labute approximate surface area is 211 Å². The molecule has 0 amide bonds. The molecule has 1 atom stereocenters. The molecule has 36 heavy (non-hydrogen) atoms. The van der Waals surface area contributed by atoms with E-state index < -0.39 is 15.7 Å². The van der Waals surface area contributed by atoms with Gasteiger partial charge in [0.05, 0.1) is 16.3 Å². The van der Waals surface area contributed by atoms with Crippen LogP contribution < -0.4 is 10.9 Å². The number of carbonyl (C=O) groups excluding carboxylic acids is 1. The molecule has 3 N–H and O–H groups in total. The van der Waals surface area contributed by atoms with E-state index in [-0.39, 0.29) is 23.1 Å². The summed E-state index contributed by atoms with van der Waals surface area (Å²) in [5.74, 6) is 0.203. The molecule has 0 saturated heterocycles. The van der Waals surface area contributed by atoms with Gasteiger partial charge >= 0.3 is 5.97 Å². The van der Waals surface area contributed by atoms with Crippen molar-refractivity contribution < 1.29 is 13.7 Å². The van der Waals surface area contributed by atoms with Gasteiger partial charge < -0.3 is 19.6 Å². The topological polar surface area (TPSA) is 117 Å². The number of fused-ring (bicyclic) bond motifs is 1. The van der Waals surface area contributed by atoms with Crippen molar-refractivity contribution in [3.8, 4) is 11.1 Å². The van der Waals surface area contributed by atoms with E-state index in [1.165, 1.54) is 4.57 Å². The molecule has 0 radical (unpaired) electrons. The number of benzene rings is 1. The first-order valence-electron chi connectivity index (χ1n) is 12.8. The number of aryl methyl sites for hydroxylation is 1. The summed E-state index contributed by atoms with van der Waals surface area (Å²) in [5.41, 5.74) is 2.67. The number of hydrogen-bond acceptors (Lipinski definition) is 6. The van der Waals surface area contributed by atoms with Gasteiger partial charge in [0, 0.05) is 51.6 Å². The van der Waals surface area contributed by atoms with Crippen LogP contribution in [0.5, 0.6) is 0 Å². The Kier molecular flexibility index (Phi) is 6.44. The smallest absolute Gasteiger partial charge is 0.354 e. The fraction of sp³-hybridized carbons (Fsp3) is 0.481. The number of ether oxygens (including phenoxy) is 1. The quantitative estimate of drug-likeness (QED) is 0.374. The van der Waals surface area contributed by atoms with E-state index in [0.29, 0.717) is 21.8 Å². The summed E-state index contributed by atoms with van der Waals surface area (Å²) >= 11 is 0. The fourth-order valence-corrected chi connectivity index (χ4v) is 6.89. The van der Waals surface area contributed by atoms with Crippen LogP contribution in [0.2, 0.25) is 0 Å². The van der Waals surface area contributed by atoms with Gasteiger partial charge in [0.1, 0.15) is 11.2 Å². The number of hydrogen-bond donors (Lipinski definition) is 3. The maximum absolute atomic E-state index is 13.3. The minimum Gasteiger partial charge on any atom is -0.461 e. The average Bonchev–Trinajstić information content (AvgIpc) is 3.63. The highest BCUT2D eigenvalue weighted by atomic mass is 32.2. The second-order valence-electron chi connectivity index (χ2n) is 10.3. The summed E-state index contributed by atoms with van der Waals surface area (Å²) in [4.78, 5) is 28.9. The molecule has 8 nitrogen and oxygen atoms in total. The van der Waals surface area contributed by atoms with Gasteiger partial charge in [-0.05, 0) is 75.6 Å². The first-order valence-corrected chi connectivity index (χ1v) is 14.4. The van der Waals surface area contributed by atoms with E-state index in [4.69, 9.17) is 9.52 Å². The molecular weight excluding hydrogens is 476 g/mol. The molecule has 5 rings (SSSR count). The highest BCUT2D eigenvalue weighted by molar-refractivity contribution is 7.93. The number of esters is 1. The minimum absolute atomic E-state index is 0.105. The van der Waals surface area contributed by atoms with Crippen molar-refractivity contribution in [3.05, 3.63) is 46.5 Å². The molecule has 0 bridgehead atoms. The lowest BCUT2D eigenvalue weighted by Gasteiger charge is -2.29. The second kappa shape index (κ2) is 9.42. The largest absolute Gasteiger partial charge is 0.461 e. The zero-order valence-electron chi connectivity index (χ0n) is 21.1. The van der Waals surface area contributed by atoms with Crippen LogP contribution in [0.1, 0.15) is 62.9 Å². The van der Waals surface area contributed by atoms with Crippen LogP contribution in [0.25, 0.3) is 22.0 Å². The molecule has 0 aliphatic heterocycles. The monoisotopic (exact) mass is 510 g/mol. The second-order valence-corrected chi connectivity index (χ2v) is 12.6. The van der Waals surface area contributed by atoms with E-state index in [9.17, 15) is 13.8 Å². The highest BCUT2D eigenvalue weighted by Gasteiger charge is 2.34. The Morgan fingerprint density at radius 2 is 1.89 bits per heavy atom. The maximum Gasteiger partial charge on any atom is 0.354 e. The number of aromatic nitrogens is 2. The molecule has 2 heterocycles. The molecule has 1 unspecified atom stereocenters. The van der Waals surface area contributed by atoms with Crippen LogP contribution in [0, 0.1) is 10.7 Å². The first-order chi connectivity index (χ1) is 17.2. The van der Waals surface area contributed by atoms with Crippen LogP contribution in [-0.2, 0) is 21.5 Å². The average molecular weight is 511 g/mol. The van der Waals surface area contributed by atoms with Crippen LogP contribution in [-0.4, -0.2) is 37.6 Å². The number of anilines is 1. The highest BCUT2D eigenvalue weighted by Crippen LogP contribution is 2.40. The molecular formula is C27H34N4O4S. The zero-order chi connectivity index (χ0) is 25.6. The molecule has 1 aromatic carbocycles. The summed E-state index contributed by atoms with van der Waals surface area (Å²) in [6, 6.07) is 7.55. The van der Waals surface area contributed by atoms with Crippen LogP contribution >= 0.6 is 0 Å². The third-order valence-electron chi connectivity index (χ3n) is 7.46. The Morgan fingerprint density at radius 1 is 1.17 bits per heavy atom. The number of rotatable bonds is 7. The number of pyridine rings is 1. The van der Waals surface area contributed by atoms with Crippen molar-refractivity contribution in [2.45, 2.75) is 68.6 Å². The van der Waals surface area contributed by atoms with Gasteiger partial charge in [-0.3, -0.25) is 4.79 Å². The lowest BCUT2D eigenvalue weighted by molar-refractivity contribution is 0.0520. The van der Waals surface area contributed by atoms with E-state index in [1.807, 2.05) is 18.2 Å². The molecule has 2 aliphatic rings. The Bertz CT molecular complexity index is 1480. The molecule has 2 aromatic heterocycles. The standard InChI is InChI=1S/C27H34N4O4S/c1-4-35-27(33)24-14-21-22(15-31(3)26(32)25(21)30-24)20-13-19(36(28,34)18-9-10-18)11-12-23(20)29-17-7-5-16(2)6-8-17/h11-18,28-30H,4-10H2,1-3H3/t16-,17-,36?. The van der Waals surface area contributed by atoms with Gasteiger partial charge in [0.25, 0.3) is 5.56 Å². The van der Waals surface area contributed by atoms with Crippen molar-refractivity contribution in [1.29, 1.82) is 4.78 Å². The molecule has 9 heteroatoms. The molecule has 2 fully saturated rings. The summed E-state index contributed by atoms with van der Waals surface area (Å²) in [6.07, 6.45) is 7.84. The van der Waals surface area contributed by atoms with Gasteiger partial charge in [0.15, 0.2) is 0 Å². The first kappa shape index (κ1) is 24.6. The summed E-state index contributed by atoms with van der Waals surface area (Å²) in [6.45, 7) is 4.25. The third kappa shape index (κ3) is 4.56. The normalized spacial score (nSPS) is 21.8. The lowest BCUT2D eigenvalue weighted by Crippen LogP contribution is -2.25. The molecule has 192 valence electrons. The van der Waals surface area contributed by atoms with Crippen molar-refractivity contribution in [1.82, 2.24) is 9.55 Å². The van der Waals surface area contributed by atoms with Crippen molar-refractivity contribution in [2.24, 2.45) is 13.0 Å². The van der Waals surface area contributed by atoms with Crippen molar-refractivity contribution in [3.63, 3.8) is 0 Å². The van der Waals surface area contributed by atoms with Gasteiger partial charge in [0.2, 0.25) is 0 Å². The number of aromatic amines is 1. The zero-order valence-corrected chi connectivity index (χ0v) is 21.9. The van der Waals surface area contributed by atoms with E-state index in [0.717, 1.165) is 61.3 Å². The van der Waals surface area contributed by atoms with Gasteiger partial charge in [-0.1, -0.05) is 6.92 Å². The number of nitrogens with one attached hydrogen (secondary N) is 3. The van der Waals surface area contributed by atoms with Gasteiger partial charge in [-0.2, -0.15) is 0 Å². The molecule has 0 spiro atoms. The summed E-state index contributed by atoms with van der Waals surface area (Å²) in [7, 11) is -1.24. The summed E-state index contributed by atoms with van der Waals surface area (Å²) in [5, 5.41) is 4.19. The van der Waals surface area contributed by atoms with Crippen LogP contribution in [0.15, 0.2) is 40.2 Å². The maximum atomic E-state index is 13.3. The van der Waals surface area contributed by atoms with E-state index in [1.54, 1.807) is 26.2 Å². The van der Waals surface area contributed by atoms with Gasteiger partial charge in [-0.15, -0.1) is 0 Å². The predicted octanol–water partition coefficient (Wildman–Crippen LogP) is 5.27. The molecule has 2 aliphatic carbocycles. The Morgan fingerprint density at radius 3 is 2.56 bits per heavy atom. The fourth-order valence-electron chi connectivity index (χ4n) is 5.14. The number of H-pyrrole nitrogens is 1. The van der Waals surface area contributed by atoms with Crippen molar-refractivity contribution in [2.75, 3.05) is 11.9 Å². The molecule has 3 aromatic rings. The van der Waals surface area contributed by atoms with E-state index >= 15 is 0 Å².